The second kappa shape index (κ2) is 9.61. The third-order valence-electron chi connectivity index (χ3n) is 8.09. The van der Waals surface area contributed by atoms with Gasteiger partial charge in [0.05, 0.1) is 6.61 Å². The van der Waals surface area contributed by atoms with Crippen LogP contribution in [0, 0.1) is 39.9 Å². The average Bonchev–Trinajstić information content (AvgIpc) is 3.33. The summed E-state index contributed by atoms with van der Waals surface area (Å²) < 4.78 is 5.05. The Morgan fingerprint density at radius 3 is 2.03 bits per heavy atom. The molecule has 0 N–H and O–H groups in total. The van der Waals surface area contributed by atoms with Gasteiger partial charge in [-0.3, -0.25) is 0 Å². The zero-order valence-electron chi connectivity index (χ0n) is 21.3. The molecule has 0 bridgehead atoms. The van der Waals surface area contributed by atoms with Crippen LogP contribution in [-0.2, 0) is 9.53 Å². The van der Waals surface area contributed by atoms with Crippen molar-refractivity contribution in [3.8, 4) is 0 Å². The molecule has 4 atom stereocenters. The van der Waals surface area contributed by atoms with E-state index in [1.54, 1.807) is 6.08 Å². The van der Waals surface area contributed by atoms with Gasteiger partial charge in [0.1, 0.15) is 0 Å². The van der Waals surface area contributed by atoms with E-state index in [1.165, 1.54) is 38.5 Å². The maximum absolute atomic E-state index is 11.7. The van der Waals surface area contributed by atoms with Gasteiger partial charge in [-0.15, -0.1) is 0 Å². The summed E-state index contributed by atoms with van der Waals surface area (Å²) in [5.41, 5.74) is 2.24. The Labute approximate surface area is 186 Å². The molecule has 0 aromatic carbocycles. The first-order valence-electron chi connectivity index (χ1n) is 12.4. The topological polar surface area (TPSA) is 26.3 Å². The van der Waals surface area contributed by atoms with Gasteiger partial charge in [0.2, 0.25) is 0 Å². The van der Waals surface area contributed by atoms with Crippen LogP contribution in [0.1, 0.15) is 101 Å². The van der Waals surface area contributed by atoms with Crippen LogP contribution >= 0.6 is 0 Å². The maximum atomic E-state index is 11.7. The summed E-state index contributed by atoms with van der Waals surface area (Å²) in [4.78, 5) is 11.7. The van der Waals surface area contributed by atoms with Gasteiger partial charge in [-0.05, 0) is 91.4 Å². The Hall–Kier alpha value is -1.05. The van der Waals surface area contributed by atoms with Gasteiger partial charge < -0.3 is 4.74 Å². The molecule has 30 heavy (non-hydrogen) atoms. The Bertz CT molecular complexity index is 621. The van der Waals surface area contributed by atoms with Crippen molar-refractivity contribution in [1.29, 1.82) is 0 Å². The van der Waals surface area contributed by atoms with E-state index in [2.05, 4.69) is 60.6 Å². The van der Waals surface area contributed by atoms with Gasteiger partial charge >= 0.3 is 5.97 Å². The minimum Gasteiger partial charge on any atom is -0.463 e. The second-order valence-corrected chi connectivity index (χ2v) is 12.3. The van der Waals surface area contributed by atoms with Crippen LogP contribution in [0.15, 0.2) is 23.8 Å². The lowest BCUT2D eigenvalue weighted by atomic mass is 9.57. The number of hydrogen-bond donors (Lipinski definition) is 0. The molecule has 4 unspecified atom stereocenters. The fourth-order valence-corrected chi connectivity index (χ4v) is 5.93. The van der Waals surface area contributed by atoms with Crippen molar-refractivity contribution in [1.82, 2.24) is 0 Å². The first-order chi connectivity index (χ1) is 13.8. The van der Waals surface area contributed by atoms with Gasteiger partial charge in [0, 0.05) is 6.08 Å². The zero-order valence-corrected chi connectivity index (χ0v) is 21.3. The molecule has 2 heteroatoms. The van der Waals surface area contributed by atoms with Crippen molar-refractivity contribution < 1.29 is 9.53 Å². The molecule has 0 saturated heterocycles. The minimum atomic E-state index is -0.233. The molecule has 0 radical (unpaired) electrons. The molecule has 2 aliphatic carbocycles. The van der Waals surface area contributed by atoms with Crippen LogP contribution in [0.3, 0.4) is 0 Å². The molecule has 2 rings (SSSR count). The first kappa shape index (κ1) is 25.2. The van der Waals surface area contributed by atoms with Crippen molar-refractivity contribution in [2.45, 2.75) is 101 Å². The van der Waals surface area contributed by atoms with Crippen molar-refractivity contribution in [3.05, 3.63) is 23.8 Å². The van der Waals surface area contributed by atoms with Gasteiger partial charge in [0.25, 0.3) is 0 Å². The molecule has 2 aliphatic rings. The molecule has 0 heterocycles. The van der Waals surface area contributed by atoms with Crippen LogP contribution in [0.4, 0.5) is 0 Å². The molecule has 2 nitrogen and oxygen atoms in total. The quantitative estimate of drug-likeness (QED) is 0.239. The second-order valence-electron chi connectivity index (χ2n) is 12.3. The molecule has 2 saturated carbocycles. The number of ether oxygens (including phenoxy) is 1. The van der Waals surface area contributed by atoms with Crippen LogP contribution in [0.2, 0.25) is 0 Å². The summed E-state index contributed by atoms with van der Waals surface area (Å²) in [6.45, 7) is 21.3. The molecule has 172 valence electrons. The Kier molecular flexibility index (Phi) is 8.08. The number of allylic oxidation sites excluding steroid dienone is 3. The normalized spacial score (nSPS) is 33.0. The fourth-order valence-electron chi connectivity index (χ4n) is 5.93. The number of rotatable bonds is 7. The predicted molar refractivity (Wildman–Crippen MR) is 128 cm³/mol. The monoisotopic (exact) mass is 416 g/mol. The van der Waals surface area contributed by atoms with Crippen LogP contribution < -0.4 is 0 Å². The summed E-state index contributed by atoms with van der Waals surface area (Å²) in [7, 11) is 0. The summed E-state index contributed by atoms with van der Waals surface area (Å²) in [6.07, 6.45) is 14.2. The lowest BCUT2D eigenvalue weighted by Gasteiger charge is -2.48. The lowest BCUT2D eigenvalue weighted by Crippen LogP contribution is -2.39. The molecule has 0 aliphatic heterocycles. The zero-order chi connectivity index (χ0) is 22.7. The predicted octanol–water partition coefficient (Wildman–Crippen LogP) is 7.98. The van der Waals surface area contributed by atoms with E-state index in [-0.39, 0.29) is 5.97 Å². The van der Waals surface area contributed by atoms with Crippen molar-refractivity contribution in [2.75, 3.05) is 6.61 Å². The molecule has 0 spiro atoms. The van der Waals surface area contributed by atoms with E-state index < -0.39 is 0 Å². The summed E-state index contributed by atoms with van der Waals surface area (Å²) in [6, 6.07) is 0. The third-order valence-corrected chi connectivity index (χ3v) is 8.09. The molecule has 2 fully saturated rings. The van der Waals surface area contributed by atoms with E-state index in [0.717, 1.165) is 23.3 Å². The average molecular weight is 417 g/mol. The third kappa shape index (κ3) is 6.24. The van der Waals surface area contributed by atoms with Gasteiger partial charge in [-0.2, -0.15) is 0 Å². The summed E-state index contributed by atoms with van der Waals surface area (Å²) in [5.74, 6) is 2.87. The highest BCUT2D eigenvalue weighted by Crippen LogP contribution is 2.67. The highest BCUT2D eigenvalue weighted by Gasteiger charge is 2.58. The Morgan fingerprint density at radius 2 is 1.57 bits per heavy atom. The maximum Gasteiger partial charge on any atom is 0.330 e. The van der Waals surface area contributed by atoms with E-state index in [1.807, 2.05) is 13.8 Å². The molecule has 0 aromatic heterocycles. The lowest BCUT2D eigenvalue weighted by molar-refractivity contribution is -0.137. The molecular formula is C28H48O2. The van der Waals surface area contributed by atoms with E-state index in [0.29, 0.717) is 28.8 Å². The smallest absolute Gasteiger partial charge is 0.330 e. The number of hydrogen-bond acceptors (Lipinski definition) is 2. The van der Waals surface area contributed by atoms with Crippen LogP contribution in [0.25, 0.3) is 0 Å². The minimum absolute atomic E-state index is 0.233. The Balaban J connectivity index is 2.20. The van der Waals surface area contributed by atoms with Crippen LogP contribution in [0.5, 0.6) is 0 Å². The van der Waals surface area contributed by atoms with E-state index >= 15 is 0 Å². The van der Waals surface area contributed by atoms with Gasteiger partial charge in [-0.1, -0.05) is 67.0 Å². The summed E-state index contributed by atoms with van der Waals surface area (Å²) >= 11 is 0. The fraction of sp³-hybridized carbons (Fsp3) is 0.821. The number of carbonyl (C=O) groups excluding carboxylic acids is 1. The first-order valence-corrected chi connectivity index (χ1v) is 12.4. The van der Waals surface area contributed by atoms with Gasteiger partial charge in [-0.25, -0.2) is 4.79 Å². The standard InChI is InChI=1S/C28H48O2/c1-10-14-28(19-21(28)13-12-20(3)15-25(29)30-11-2)24-17-22(26(4,5)6)16-23(18-24)27(7,8)9/h12-13,15,21-24H,10-11,14,16-19H2,1-9H3/b13-12+,20-15+. The van der Waals surface area contributed by atoms with Gasteiger partial charge in [0.15, 0.2) is 0 Å². The van der Waals surface area contributed by atoms with E-state index in [9.17, 15) is 4.79 Å². The largest absolute Gasteiger partial charge is 0.463 e. The SMILES string of the molecule is CCCC1(C2CC(C(C)(C)C)CC(C(C)(C)C)C2)CC1/C=C/C(C)=C/C(=O)OCC. The number of carbonyl (C=O) groups is 1. The summed E-state index contributed by atoms with van der Waals surface area (Å²) in [5, 5.41) is 0. The van der Waals surface area contributed by atoms with Crippen LogP contribution in [-0.4, -0.2) is 12.6 Å². The molecule has 0 aromatic rings. The molecule has 0 amide bonds. The Morgan fingerprint density at radius 1 is 1.00 bits per heavy atom. The molecular weight excluding hydrogens is 368 g/mol. The highest BCUT2D eigenvalue weighted by molar-refractivity contribution is 5.83. The van der Waals surface area contributed by atoms with E-state index in [4.69, 9.17) is 4.74 Å². The van der Waals surface area contributed by atoms with Crippen molar-refractivity contribution in [3.63, 3.8) is 0 Å². The number of esters is 1. The highest BCUT2D eigenvalue weighted by atomic mass is 16.5. The van der Waals surface area contributed by atoms with Crippen molar-refractivity contribution in [2.24, 2.45) is 39.9 Å². The van der Waals surface area contributed by atoms with Crippen molar-refractivity contribution >= 4 is 5.97 Å².